The van der Waals surface area contributed by atoms with Crippen molar-refractivity contribution < 1.29 is 14.3 Å². The maximum atomic E-state index is 12.6. The Kier molecular flexibility index (Phi) is 5.34. The molecule has 0 unspecified atom stereocenters. The Bertz CT molecular complexity index is 1270. The molecule has 0 fully saturated rings. The van der Waals surface area contributed by atoms with Crippen molar-refractivity contribution in [2.45, 2.75) is 19.8 Å². The molecular formula is C22H16BrNO4S. The van der Waals surface area contributed by atoms with Crippen LogP contribution in [-0.4, -0.2) is 16.1 Å². The maximum absolute atomic E-state index is 12.6. The second kappa shape index (κ2) is 7.93. The van der Waals surface area contributed by atoms with Crippen LogP contribution in [0.2, 0.25) is 0 Å². The van der Waals surface area contributed by atoms with E-state index < -0.39 is 11.6 Å². The molecule has 0 aliphatic rings. The van der Waals surface area contributed by atoms with Crippen molar-refractivity contribution in [3.63, 3.8) is 0 Å². The molecule has 0 aliphatic heterocycles. The summed E-state index contributed by atoms with van der Waals surface area (Å²) < 4.78 is 6.31. The topological polar surface area (TPSA) is 80.4 Å². The highest BCUT2D eigenvalue weighted by molar-refractivity contribution is 9.10. The van der Waals surface area contributed by atoms with Crippen molar-refractivity contribution in [1.29, 1.82) is 0 Å². The molecular weight excluding hydrogens is 454 g/mol. The molecule has 0 saturated heterocycles. The molecule has 4 rings (SSSR count). The van der Waals surface area contributed by atoms with Crippen LogP contribution in [0.5, 0.6) is 0 Å². The molecule has 0 aliphatic carbocycles. The summed E-state index contributed by atoms with van der Waals surface area (Å²) in [7, 11) is 0. The average molecular weight is 470 g/mol. The normalized spacial score (nSPS) is 11.1. The number of nitrogens with zero attached hydrogens (tertiary/aromatic N) is 1. The van der Waals surface area contributed by atoms with Crippen molar-refractivity contribution >= 4 is 44.2 Å². The molecule has 1 N–H and O–H groups in total. The van der Waals surface area contributed by atoms with Gasteiger partial charge < -0.3 is 9.52 Å². The number of hydrogen-bond acceptors (Lipinski definition) is 5. The number of aryl methyl sites for hydroxylation is 1. The zero-order chi connectivity index (χ0) is 20.5. The summed E-state index contributed by atoms with van der Waals surface area (Å²) in [5, 5.41) is 10.5. The minimum atomic E-state index is -0.943. The summed E-state index contributed by atoms with van der Waals surface area (Å²) in [5.74, 6) is -0.943. The lowest BCUT2D eigenvalue weighted by molar-refractivity contribution is -0.136. The quantitative estimate of drug-likeness (QED) is 0.388. The van der Waals surface area contributed by atoms with Gasteiger partial charge in [-0.25, -0.2) is 9.78 Å². The van der Waals surface area contributed by atoms with Crippen molar-refractivity contribution in [2.75, 3.05) is 0 Å². The SMILES string of the molecule is CCc1ccc(-c2nc(-c3cc4cc(Br)ccc4oc3=O)sc2CC(=O)O)cc1. The predicted octanol–water partition coefficient (Wildman–Crippen LogP) is 5.54. The molecule has 4 aromatic rings. The van der Waals surface area contributed by atoms with Gasteiger partial charge in [-0.15, -0.1) is 11.3 Å². The summed E-state index contributed by atoms with van der Waals surface area (Å²) in [4.78, 5) is 29.2. The van der Waals surface area contributed by atoms with Crippen molar-refractivity contribution in [3.8, 4) is 21.8 Å². The lowest BCUT2D eigenvalue weighted by atomic mass is 10.1. The number of aliphatic carboxylic acids is 1. The lowest BCUT2D eigenvalue weighted by Gasteiger charge is -2.02. The third-order valence-corrected chi connectivity index (χ3v) is 6.15. The Hall–Kier alpha value is -2.77. The van der Waals surface area contributed by atoms with Crippen LogP contribution in [0, 0.1) is 0 Å². The van der Waals surface area contributed by atoms with Gasteiger partial charge >= 0.3 is 11.6 Å². The molecule has 0 bridgehead atoms. The van der Waals surface area contributed by atoms with Gasteiger partial charge in [-0.2, -0.15) is 0 Å². The number of benzene rings is 2. The van der Waals surface area contributed by atoms with E-state index in [4.69, 9.17) is 4.42 Å². The number of fused-ring (bicyclic) bond motifs is 1. The fraction of sp³-hybridized carbons (Fsp3) is 0.136. The van der Waals surface area contributed by atoms with Gasteiger partial charge in [-0.3, -0.25) is 4.79 Å². The van der Waals surface area contributed by atoms with Gasteiger partial charge in [0.15, 0.2) is 0 Å². The van der Waals surface area contributed by atoms with Crippen LogP contribution in [0.15, 0.2) is 62.2 Å². The fourth-order valence-electron chi connectivity index (χ4n) is 3.09. The Balaban J connectivity index is 1.87. The molecule has 0 atom stereocenters. The lowest BCUT2D eigenvalue weighted by Crippen LogP contribution is -2.02. The van der Waals surface area contributed by atoms with E-state index in [0.29, 0.717) is 26.7 Å². The van der Waals surface area contributed by atoms with Crippen LogP contribution in [0.3, 0.4) is 0 Å². The standard InChI is InChI=1S/C22H16BrNO4S/c1-2-12-3-5-13(6-4-12)20-18(11-19(25)26)29-21(24-20)16-10-14-9-15(23)7-8-17(14)28-22(16)27/h3-10H,2,11H2,1H3,(H,25,26). The molecule has 0 radical (unpaired) electrons. The molecule has 0 amide bonds. The number of thiazole rings is 1. The molecule has 2 aromatic carbocycles. The van der Waals surface area contributed by atoms with Gasteiger partial charge in [0.2, 0.25) is 0 Å². The van der Waals surface area contributed by atoms with Crippen molar-refractivity contribution in [1.82, 2.24) is 4.98 Å². The Labute approximate surface area is 178 Å². The van der Waals surface area contributed by atoms with E-state index in [0.717, 1.165) is 21.8 Å². The number of aromatic nitrogens is 1. The molecule has 5 nitrogen and oxygen atoms in total. The highest BCUT2D eigenvalue weighted by Crippen LogP contribution is 2.34. The van der Waals surface area contributed by atoms with Crippen molar-refractivity contribution in [3.05, 3.63) is 73.9 Å². The minimum Gasteiger partial charge on any atom is -0.481 e. The van der Waals surface area contributed by atoms with E-state index in [9.17, 15) is 14.7 Å². The van der Waals surface area contributed by atoms with E-state index in [1.165, 1.54) is 16.9 Å². The fourth-order valence-corrected chi connectivity index (χ4v) is 4.55. The van der Waals surface area contributed by atoms with Crippen LogP contribution in [0.25, 0.3) is 32.8 Å². The zero-order valence-electron chi connectivity index (χ0n) is 15.4. The first-order valence-corrected chi connectivity index (χ1v) is 10.6. The highest BCUT2D eigenvalue weighted by atomic mass is 79.9. The van der Waals surface area contributed by atoms with Gasteiger partial charge in [0.1, 0.15) is 10.6 Å². The van der Waals surface area contributed by atoms with E-state index >= 15 is 0 Å². The van der Waals surface area contributed by atoms with Gasteiger partial charge in [0, 0.05) is 20.3 Å². The largest absolute Gasteiger partial charge is 0.481 e. The number of carbonyl (C=O) groups is 1. The molecule has 146 valence electrons. The number of rotatable bonds is 5. The van der Waals surface area contributed by atoms with Crippen LogP contribution in [-0.2, 0) is 17.6 Å². The van der Waals surface area contributed by atoms with Crippen LogP contribution >= 0.6 is 27.3 Å². The highest BCUT2D eigenvalue weighted by Gasteiger charge is 2.19. The Morgan fingerprint density at radius 3 is 2.62 bits per heavy atom. The second-order valence-electron chi connectivity index (χ2n) is 6.54. The van der Waals surface area contributed by atoms with Crippen molar-refractivity contribution in [2.24, 2.45) is 0 Å². The molecule has 2 aromatic heterocycles. The van der Waals surface area contributed by atoms with E-state index in [-0.39, 0.29) is 6.42 Å². The van der Waals surface area contributed by atoms with Gasteiger partial charge in [0.05, 0.1) is 17.7 Å². The van der Waals surface area contributed by atoms with Crippen LogP contribution in [0.4, 0.5) is 0 Å². The number of halogens is 1. The predicted molar refractivity (Wildman–Crippen MR) is 117 cm³/mol. The average Bonchev–Trinajstić information content (AvgIpc) is 3.10. The Morgan fingerprint density at radius 2 is 1.93 bits per heavy atom. The van der Waals surface area contributed by atoms with Gasteiger partial charge in [0.25, 0.3) is 0 Å². The van der Waals surface area contributed by atoms with Gasteiger partial charge in [-0.05, 0) is 36.2 Å². The first-order chi connectivity index (χ1) is 13.9. The third-order valence-electron chi connectivity index (χ3n) is 4.57. The second-order valence-corrected chi connectivity index (χ2v) is 8.54. The van der Waals surface area contributed by atoms with E-state index in [1.807, 2.05) is 30.3 Å². The van der Waals surface area contributed by atoms with Crippen LogP contribution in [0.1, 0.15) is 17.4 Å². The van der Waals surface area contributed by atoms with E-state index in [2.05, 4.69) is 27.8 Å². The monoisotopic (exact) mass is 469 g/mol. The first kappa shape index (κ1) is 19.5. The summed E-state index contributed by atoms with van der Waals surface area (Å²) in [5.41, 5.74) is 2.91. The first-order valence-electron chi connectivity index (χ1n) is 8.99. The van der Waals surface area contributed by atoms with E-state index in [1.54, 1.807) is 18.2 Å². The third kappa shape index (κ3) is 4.02. The summed E-state index contributed by atoms with van der Waals surface area (Å²) in [6.07, 6.45) is 0.755. The summed E-state index contributed by atoms with van der Waals surface area (Å²) >= 11 is 4.63. The summed E-state index contributed by atoms with van der Waals surface area (Å²) in [6, 6.07) is 15.0. The smallest absolute Gasteiger partial charge is 0.346 e. The molecule has 0 saturated carbocycles. The molecule has 29 heavy (non-hydrogen) atoms. The van der Waals surface area contributed by atoms with Gasteiger partial charge in [-0.1, -0.05) is 47.1 Å². The molecule has 2 heterocycles. The molecule has 0 spiro atoms. The minimum absolute atomic E-state index is 0.160. The Morgan fingerprint density at radius 1 is 1.17 bits per heavy atom. The number of carboxylic acids is 1. The molecule has 7 heteroatoms. The van der Waals surface area contributed by atoms with Crippen LogP contribution < -0.4 is 5.63 Å². The zero-order valence-corrected chi connectivity index (χ0v) is 17.8. The maximum Gasteiger partial charge on any atom is 0.346 e. The number of hydrogen-bond donors (Lipinski definition) is 1. The number of carboxylic acid groups (broad SMARTS) is 1. The summed E-state index contributed by atoms with van der Waals surface area (Å²) in [6.45, 7) is 2.07.